The van der Waals surface area contributed by atoms with Crippen molar-refractivity contribution in [2.75, 3.05) is 0 Å². The molecule has 3 nitrogen and oxygen atoms in total. The maximum Gasteiger partial charge on any atom is 0.345 e. The van der Waals surface area contributed by atoms with Crippen molar-refractivity contribution < 1.29 is 12.3 Å². The van der Waals surface area contributed by atoms with E-state index in [0.29, 0.717) is 0 Å². The van der Waals surface area contributed by atoms with Gasteiger partial charge in [-0.05, 0) is 51.4 Å². The Balaban J connectivity index is 5.52. The Hall–Kier alpha value is 0.228. The molecule has 0 rings (SSSR count). The first-order valence-electron chi connectivity index (χ1n) is 7.74. The molecule has 0 bridgehead atoms. The van der Waals surface area contributed by atoms with Gasteiger partial charge in [0.1, 0.15) is 0 Å². The topological polar surface area (TPSA) is 27.7 Å². The van der Waals surface area contributed by atoms with E-state index < -0.39 is 33.8 Å². The molecular weight excluding hydrogens is 328 g/mol. The van der Waals surface area contributed by atoms with Gasteiger partial charge in [0.2, 0.25) is 0 Å². The van der Waals surface area contributed by atoms with E-state index in [9.17, 15) is 0 Å². The zero-order chi connectivity index (χ0) is 16.9. The van der Waals surface area contributed by atoms with Crippen LogP contribution in [0, 0.1) is 0 Å². The third-order valence-electron chi connectivity index (χ3n) is 2.91. The fourth-order valence-corrected chi connectivity index (χ4v) is 18.1. The van der Waals surface area contributed by atoms with E-state index in [4.69, 9.17) is 12.3 Å². The third kappa shape index (κ3) is 7.36. The zero-order valence-electron chi connectivity index (χ0n) is 15.2. The summed E-state index contributed by atoms with van der Waals surface area (Å²) in [5.41, 5.74) is 3.86. The molecule has 0 amide bonds. The van der Waals surface area contributed by atoms with Crippen LogP contribution in [0.5, 0.6) is 0 Å². The molecule has 0 aromatic rings. The largest absolute Gasteiger partial charge is 0.434 e. The van der Waals surface area contributed by atoms with Gasteiger partial charge in [-0.15, -0.1) is 13.2 Å². The summed E-state index contributed by atoms with van der Waals surface area (Å²) in [6, 6.07) is 1.72. The highest BCUT2D eigenvalue weighted by Crippen LogP contribution is 2.29. The van der Waals surface area contributed by atoms with Gasteiger partial charge in [-0.25, -0.2) is 0 Å². The van der Waals surface area contributed by atoms with Crippen molar-refractivity contribution in [1.29, 1.82) is 0 Å². The molecule has 0 aliphatic heterocycles. The van der Waals surface area contributed by atoms with Crippen molar-refractivity contribution >= 4 is 33.8 Å². The van der Waals surface area contributed by atoms with Crippen LogP contribution in [-0.4, -0.2) is 33.8 Å². The van der Waals surface area contributed by atoms with Crippen LogP contribution in [0.1, 0.15) is 13.8 Å². The average molecular weight is 363 g/mol. The van der Waals surface area contributed by atoms with Gasteiger partial charge >= 0.3 is 17.1 Å². The number of rotatable bonds is 10. The molecular formula is C14H34O3Si4. The van der Waals surface area contributed by atoms with Crippen LogP contribution in [0.3, 0.4) is 0 Å². The Bertz CT molecular complexity index is 328. The van der Waals surface area contributed by atoms with Crippen molar-refractivity contribution in [3.8, 4) is 0 Å². The first-order chi connectivity index (χ1) is 9.36. The Labute approximate surface area is 136 Å². The summed E-state index contributed by atoms with van der Waals surface area (Å²) >= 11 is 0. The SMILES string of the molecule is C=C[Si](CC)(O[Si](C)(C)C)O[Si](C=C)(CC)O[Si](C)(C)C. The summed E-state index contributed by atoms with van der Waals surface area (Å²) in [6.07, 6.45) is 0. The molecule has 2 unspecified atom stereocenters. The van der Waals surface area contributed by atoms with Crippen LogP contribution in [0.4, 0.5) is 0 Å². The van der Waals surface area contributed by atoms with Gasteiger partial charge in [-0.2, -0.15) is 0 Å². The minimum absolute atomic E-state index is 0.860. The average Bonchev–Trinajstić information content (AvgIpc) is 2.33. The lowest BCUT2D eigenvalue weighted by atomic mass is 11.0. The molecule has 0 aromatic heterocycles. The molecule has 0 fully saturated rings. The molecule has 124 valence electrons. The molecule has 0 N–H and O–H groups in total. The first kappa shape index (κ1) is 21.2. The monoisotopic (exact) mass is 362 g/mol. The molecule has 0 aromatic carbocycles. The van der Waals surface area contributed by atoms with Crippen LogP contribution in [0.2, 0.25) is 51.4 Å². The predicted octanol–water partition coefficient (Wildman–Crippen LogP) is 5.08. The van der Waals surface area contributed by atoms with Gasteiger partial charge in [0.15, 0.2) is 16.6 Å². The lowest BCUT2D eigenvalue weighted by Gasteiger charge is -2.42. The minimum Gasteiger partial charge on any atom is -0.434 e. The smallest absolute Gasteiger partial charge is 0.345 e. The van der Waals surface area contributed by atoms with Crippen LogP contribution in [-0.2, 0) is 12.3 Å². The summed E-state index contributed by atoms with van der Waals surface area (Å²) in [5.74, 6) is 0. The number of hydrogen-bond donors (Lipinski definition) is 0. The van der Waals surface area contributed by atoms with Crippen molar-refractivity contribution in [1.82, 2.24) is 0 Å². The molecule has 0 saturated carbocycles. The maximum absolute atomic E-state index is 6.64. The van der Waals surface area contributed by atoms with E-state index in [2.05, 4.69) is 66.3 Å². The molecule has 0 spiro atoms. The third-order valence-corrected chi connectivity index (χ3v) is 16.6. The van der Waals surface area contributed by atoms with E-state index in [-0.39, 0.29) is 0 Å². The molecule has 7 heteroatoms. The van der Waals surface area contributed by atoms with E-state index in [1.165, 1.54) is 0 Å². The summed E-state index contributed by atoms with van der Waals surface area (Å²) in [5, 5.41) is 0. The highest BCUT2D eigenvalue weighted by molar-refractivity contribution is 6.93. The summed E-state index contributed by atoms with van der Waals surface area (Å²) in [7, 11) is -8.30. The Morgan fingerprint density at radius 2 is 0.952 bits per heavy atom. The quantitative estimate of drug-likeness (QED) is 0.507. The molecule has 0 aliphatic carbocycles. The van der Waals surface area contributed by atoms with E-state index in [1.807, 2.05) is 11.4 Å². The zero-order valence-corrected chi connectivity index (χ0v) is 19.2. The Morgan fingerprint density at radius 1 is 0.667 bits per heavy atom. The van der Waals surface area contributed by atoms with Gasteiger partial charge in [0, 0.05) is 0 Å². The van der Waals surface area contributed by atoms with Gasteiger partial charge < -0.3 is 12.3 Å². The standard InChI is InChI=1S/C14H34O3Si4/c1-11-20(12-2,15-18(5,6)7)17-21(13-3,14-4)16-19(8,9)10/h11,13H,1,3,12,14H2,2,4-10H3. The first-order valence-corrected chi connectivity index (χ1v) is 18.8. The molecule has 0 aliphatic rings. The second kappa shape index (κ2) is 7.67. The summed E-state index contributed by atoms with van der Waals surface area (Å²) in [6.45, 7) is 25.4. The van der Waals surface area contributed by atoms with Gasteiger partial charge in [0.25, 0.3) is 0 Å². The fourth-order valence-electron chi connectivity index (χ4n) is 2.11. The van der Waals surface area contributed by atoms with Crippen molar-refractivity contribution in [2.24, 2.45) is 0 Å². The second-order valence-corrected chi connectivity index (χ2v) is 23.6. The van der Waals surface area contributed by atoms with Crippen LogP contribution < -0.4 is 0 Å². The van der Waals surface area contributed by atoms with E-state index in [0.717, 1.165) is 12.1 Å². The lowest BCUT2D eigenvalue weighted by molar-refractivity contribution is 0.330. The summed E-state index contributed by atoms with van der Waals surface area (Å²) < 4.78 is 19.6. The van der Waals surface area contributed by atoms with Crippen molar-refractivity contribution in [3.63, 3.8) is 0 Å². The number of hydrogen-bond acceptors (Lipinski definition) is 3. The second-order valence-electron chi connectivity index (χ2n) is 7.27. The molecule has 0 radical (unpaired) electrons. The fraction of sp³-hybridized carbons (Fsp3) is 0.714. The molecule has 0 heterocycles. The highest BCUT2D eigenvalue weighted by atomic mass is 28.5. The van der Waals surface area contributed by atoms with Crippen LogP contribution in [0.25, 0.3) is 0 Å². The normalized spacial score (nSPS) is 18.7. The molecule has 21 heavy (non-hydrogen) atoms. The minimum atomic E-state index is -2.44. The highest BCUT2D eigenvalue weighted by Gasteiger charge is 2.47. The Morgan fingerprint density at radius 3 is 1.10 bits per heavy atom. The van der Waals surface area contributed by atoms with Crippen LogP contribution >= 0.6 is 0 Å². The summed E-state index contributed by atoms with van der Waals surface area (Å²) in [4.78, 5) is 0. The lowest BCUT2D eigenvalue weighted by Crippen LogP contribution is -2.59. The van der Waals surface area contributed by atoms with E-state index in [1.54, 1.807) is 0 Å². The van der Waals surface area contributed by atoms with E-state index >= 15 is 0 Å². The van der Waals surface area contributed by atoms with Gasteiger partial charge in [0.05, 0.1) is 0 Å². The maximum atomic E-state index is 6.64. The molecule has 0 saturated heterocycles. The van der Waals surface area contributed by atoms with Crippen molar-refractivity contribution in [2.45, 2.75) is 65.2 Å². The van der Waals surface area contributed by atoms with Crippen molar-refractivity contribution in [3.05, 3.63) is 24.6 Å². The predicted molar refractivity (Wildman–Crippen MR) is 103 cm³/mol. The molecule has 2 atom stereocenters. The van der Waals surface area contributed by atoms with Gasteiger partial charge in [-0.3, -0.25) is 0 Å². The van der Waals surface area contributed by atoms with Crippen LogP contribution in [0.15, 0.2) is 24.6 Å². The Kier molecular flexibility index (Phi) is 7.75. The van der Waals surface area contributed by atoms with Gasteiger partial charge in [-0.1, -0.05) is 25.2 Å².